The Bertz CT molecular complexity index is 1710. The van der Waals surface area contributed by atoms with E-state index in [4.69, 9.17) is 4.98 Å². The van der Waals surface area contributed by atoms with Crippen LogP contribution in [0.3, 0.4) is 0 Å². The van der Waals surface area contributed by atoms with Gasteiger partial charge in [0.05, 0.1) is 33.9 Å². The molecular weight excluding hydrogens is 452 g/mol. The van der Waals surface area contributed by atoms with Crippen LogP contribution in [0, 0.1) is 36.5 Å². The van der Waals surface area contributed by atoms with Gasteiger partial charge in [-0.25, -0.2) is 14.6 Å². The van der Waals surface area contributed by atoms with E-state index in [1.807, 2.05) is 60.9 Å². The molecule has 1 N–H and O–H groups in total. The van der Waals surface area contributed by atoms with Crippen LogP contribution in [0.2, 0.25) is 0 Å². The summed E-state index contributed by atoms with van der Waals surface area (Å²) in [6.07, 6.45) is 3.22. The fraction of sp³-hybridized carbons (Fsp3) is 0.192. The molecule has 0 aliphatic heterocycles. The van der Waals surface area contributed by atoms with E-state index in [-0.39, 0.29) is 0 Å². The van der Waals surface area contributed by atoms with Crippen molar-refractivity contribution < 1.29 is 0 Å². The molecule has 1 aliphatic rings. The van der Waals surface area contributed by atoms with Gasteiger partial charge in [-0.3, -0.25) is 4.57 Å². The number of benzene rings is 1. The molecule has 10 nitrogen and oxygen atoms in total. The molecule has 36 heavy (non-hydrogen) atoms. The van der Waals surface area contributed by atoms with Crippen molar-refractivity contribution in [2.75, 3.05) is 5.32 Å². The zero-order valence-electron chi connectivity index (χ0n) is 19.6. The minimum Gasteiger partial charge on any atom is -0.339 e. The minimum atomic E-state index is -0.601. The van der Waals surface area contributed by atoms with Crippen LogP contribution in [0.25, 0.3) is 22.7 Å². The van der Waals surface area contributed by atoms with E-state index in [1.165, 1.54) is 4.68 Å². The second-order valence-corrected chi connectivity index (χ2v) is 8.93. The Morgan fingerprint density at radius 1 is 0.972 bits per heavy atom. The minimum absolute atomic E-state index is 0.369. The van der Waals surface area contributed by atoms with Crippen LogP contribution < -0.4 is 5.32 Å². The van der Waals surface area contributed by atoms with Gasteiger partial charge in [-0.1, -0.05) is 0 Å². The molecule has 5 aromatic rings. The van der Waals surface area contributed by atoms with Crippen LogP contribution in [-0.2, 0) is 5.41 Å². The second kappa shape index (κ2) is 8.00. The van der Waals surface area contributed by atoms with Gasteiger partial charge in [0.2, 0.25) is 0 Å². The van der Waals surface area contributed by atoms with E-state index in [1.54, 1.807) is 12.4 Å². The van der Waals surface area contributed by atoms with E-state index < -0.39 is 5.41 Å². The summed E-state index contributed by atoms with van der Waals surface area (Å²) < 4.78 is 3.41. The monoisotopic (exact) mass is 472 g/mol. The van der Waals surface area contributed by atoms with Gasteiger partial charge in [0.1, 0.15) is 23.9 Å². The first-order valence-electron chi connectivity index (χ1n) is 11.4. The van der Waals surface area contributed by atoms with Crippen molar-refractivity contribution in [3.8, 4) is 23.8 Å². The van der Waals surface area contributed by atoms with Crippen molar-refractivity contribution in [2.45, 2.75) is 32.1 Å². The quantitative estimate of drug-likeness (QED) is 0.402. The van der Waals surface area contributed by atoms with Gasteiger partial charge in [-0.05, 0) is 75.2 Å². The number of rotatable bonds is 5. The van der Waals surface area contributed by atoms with Crippen molar-refractivity contribution >= 4 is 22.5 Å². The van der Waals surface area contributed by atoms with Crippen molar-refractivity contribution in [3.05, 3.63) is 77.5 Å². The molecule has 1 saturated carbocycles. The Labute approximate surface area is 206 Å². The van der Waals surface area contributed by atoms with Gasteiger partial charge in [-0.15, -0.1) is 5.10 Å². The molecule has 1 aliphatic carbocycles. The zero-order chi connectivity index (χ0) is 24.9. The molecule has 0 bridgehead atoms. The molecule has 0 atom stereocenters. The van der Waals surface area contributed by atoms with Crippen LogP contribution in [0.5, 0.6) is 0 Å². The topological polar surface area (TPSA) is 134 Å². The van der Waals surface area contributed by atoms with Crippen LogP contribution in [0.15, 0.2) is 54.9 Å². The standard InChI is InChI=1S/C26H20N10/c1-16-3-7-23(33-32-16)30-18-4-6-21-22(12-18)35(15-29-21)24-8-5-20(26(14-28)9-10-26)25(31-24)36-19(13-27)11-17(2)34-36/h3-8,11-12,15H,9-10H2,1-2H3,(H,30,33). The highest BCUT2D eigenvalue weighted by Crippen LogP contribution is 2.49. The van der Waals surface area contributed by atoms with Crippen molar-refractivity contribution in [2.24, 2.45) is 0 Å². The predicted molar refractivity (Wildman–Crippen MR) is 132 cm³/mol. The summed E-state index contributed by atoms with van der Waals surface area (Å²) >= 11 is 0. The Balaban J connectivity index is 1.47. The Morgan fingerprint density at radius 2 is 1.83 bits per heavy atom. The molecule has 174 valence electrons. The number of hydrogen-bond acceptors (Lipinski definition) is 8. The lowest BCUT2D eigenvalue weighted by Crippen LogP contribution is -2.15. The number of nitrogens with one attached hydrogen (secondary N) is 1. The number of anilines is 2. The Morgan fingerprint density at radius 3 is 2.56 bits per heavy atom. The molecule has 1 aromatic carbocycles. The van der Waals surface area contributed by atoms with Gasteiger partial charge in [0, 0.05) is 11.3 Å². The molecule has 1 fully saturated rings. The first-order chi connectivity index (χ1) is 17.5. The van der Waals surface area contributed by atoms with E-state index >= 15 is 0 Å². The van der Waals surface area contributed by atoms with Crippen LogP contribution >= 0.6 is 0 Å². The van der Waals surface area contributed by atoms with Gasteiger partial charge in [0.15, 0.2) is 11.6 Å². The number of imidazole rings is 1. The number of aryl methyl sites for hydroxylation is 2. The van der Waals surface area contributed by atoms with Crippen molar-refractivity contribution in [3.63, 3.8) is 0 Å². The normalized spacial score (nSPS) is 13.8. The van der Waals surface area contributed by atoms with Gasteiger partial charge in [0.25, 0.3) is 0 Å². The maximum Gasteiger partial charge on any atom is 0.162 e. The highest BCUT2D eigenvalue weighted by molar-refractivity contribution is 5.82. The Hall–Kier alpha value is -5.09. The van der Waals surface area contributed by atoms with Crippen molar-refractivity contribution in [1.29, 1.82) is 10.5 Å². The number of pyridine rings is 1. The predicted octanol–water partition coefficient (Wildman–Crippen LogP) is 4.18. The summed E-state index contributed by atoms with van der Waals surface area (Å²) in [6.45, 7) is 3.72. The first kappa shape index (κ1) is 21.4. The third-order valence-corrected chi connectivity index (χ3v) is 6.35. The number of nitriles is 2. The molecule has 0 unspecified atom stereocenters. The number of hydrogen-bond donors (Lipinski definition) is 1. The summed E-state index contributed by atoms with van der Waals surface area (Å²) in [6, 6.07) is 19.7. The maximum absolute atomic E-state index is 9.87. The molecule has 0 radical (unpaired) electrons. The molecule has 4 aromatic heterocycles. The average molecular weight is 473 g/mol. The first-order valence-corrected chi connectivity index (χ1v) is 11.4. The van der Waals surface area contributed by atoms with Crippen LogP contribution in [-0.4, -0.2) is 34.5 Å². The number of fused-ring (bicyclic) bond motifs is 1. The summed E-state index contributed by atoms with van der Waals surface area (Å²) in [5, 5.41) is 35.6. The van der Waals surface area contributed by atoms with Gasteiger partial charge >= 0.3 is 0 Å². The van der Waals surface area contributed by atoms with E-state index in [2.05, 4.69) is 37.7 Å². The molecule has 6 rings (SSSR count). The lowest BCUT2D eigenvalue weighted by atomic mass is 9.98. The largest absolute Gasteiger partial charge is 0.339 e. The molecule has 0 spiro atoms. The lowest BCUT2D eigenvalue weighted by molar-refractivity contribution is 0.772. The fourth-order valence-corrected chi connectivity index (χ4v) is 4.30. The van der Waals surface area contributed by atoms with Gasteiger partial charge in [-0.2, -0.15) is 20.7 Å². The third kappa shape index (κ3) is 3.53. The molecular formula is C26H20N10. The molecule has 0 saturated heterocycles. The summed E-state index contributed by atoms with van der Waals surface area (Å²) in [5.41, 5.74) is 4.55. The van der Waals surface area contributed by atoms with E-state index in [0.717, 1.165) is 40.8 Å². The van der Waals surface area contributed by atoms with Crippen molar-refractivity contribution in [1.82, 2.24) is 34.5 Å². The summed E-state index contributed by atoms with van der Waals surface area (Å²) in [7, 11) is 0. The smallest absolute Gasteiger partial charge is 0.162 e. The third-order valence-electron chi connectivity index (χ3n) is 6.35. The highest BCUT2D eigenvalue weighted by Gasteiger charge is 2.47. The highest BCUT2D eigenvalue weighted by atomic mass is 15.3. The zero-order valence-corrected chi connectivity index (χ0v) is 19.6. The molecule has 10 heteroatoms. The Kier molecular flexibility index (Phi) is 4.76. The SMILES string of the molecule is Cc1ccc(Nc2ccc3ncn(-c4ccc(C5(C#N)CC5)c(-n5nc(C)cc5C#N)n4)c3c2)nn1. The maximum atomic E-state index is 9.87. The van der Waals surface area contributed by atoms with Crippen LogP contribution in [0.1, 0.15) is 35.5 Å². The second-order valence-electron chi connectivity index (χ2n) is 8.93. The fourth-order valence-electron chi connectivity index (χ4n) is 4.30. The van der Waals surface area contributed by atoms with Crippen LogP contribution in [0.4, 0.5) is 11.5 Å². The molecule has 4 heterocycles. The summed E-state index contributed by atoms with van der Waals surface area (Å²) in [5.74, 6) is 1.73. The van der Waals surface area contributed by atoms with Gasteiger partial charge < -0.3 is 5.32 Å². The average Bonchev–Trinajstić information content (AvgIpc) is 3.43. The van der Waals surface area contributed by atoms with E-state index in [9.17, 15) is 10.5 Å². The lowest BCUT2D eigenvalue weighted by Gasteiger charge is -2.15. The molecule has 0 amide bonds. The van der Waals surface area contributed by atoms with E-state index in [0.29, 0.717) is 28.8 Å². The summed E-state index contributed by atoms with van der Waals surface area (Å²) in [4.78, 5) is 9.45. The number of aromatic nitrogens is 7. The number of nitrogens with zero attached hydrogens (tertiary/aromatic N) is 9.